The van der Waals surface area contributed by atoms with Gasteiger partial charge in [0.05, 0.1) is 7.11 Å². The van der Waals surface area contributed by atoms with Crippen molar-refractivity contribution in [2.45, 2.75) is 62.3 Å². The molecule has 3 atom stereocenters. The van der Waals surface area contributed by atoms with Crippen molar-refractivity contribution in [3.8, 4) is 0 Å². The largest absolute Gasteiger partial charge is 0.511 e. The number of nitrogens with one attached hydrogen (secondary N) is 1. The molecule has 0 aliphatic carbocycles. The van der Waals surface area contributed by atoms with Gasteiger partial charge in [0.15, 0.2) is 15.2 Å². The standard InChI is InChI=1S/C21H26N2O10S/c1-20(2)14(17(25)32-21(3,4)33-19(27)30-5)23-15(24)13(16(23)34(20,28)29)22-18(26)31-11-12-9-7-6-8-10-12/h6-10,13-14,16H,11H2,1-5H3,(H,22,26)/t13-,14+,16-/m1/s1. The average Bonchev–Trinajstić information content (AvgIpc) is 2.90. The molecule has 3 rings (SSSR count). The van der Waals surface area contributed by atoms with Crippen LogP contribution >= 0.6 is 0 Å². The molecule has 0 aromatic heterocycles. The normalized spacial score (nSPS) is 24.3. The summed E-state index contributed by atoms with van der Waals surface area (Å²) in [6, 6.07) is 5.81. The molecule has 13 heteroatoms. The predicted molar refractivity (Wildman–Crippen MR) is 115 cm³/mol. The Morgan fingerprint density at radius 2 is 1.74 bits per heavy atom. The third-order valence-electron chi connectivity index (χ3n) is 5.62. The number of methoxy groups -OCH3 is 1. The fourth-order valence-corrected chi connectivity index (χ4v) is 6.09. The molecule has 1 aromatic rings. The number of nitrogens with zero attached hydrogens (tertiary/aromatic N) is 1. The Hall–Kier alpha value is -3.35. The third kappa shape index (κ3) is 4.39. The first-order chi connectivity index (χ1) is 15.7. The van der Waals surface area contributed by atoms with Gasteiger partial charge in [0.1, 0.15) is 23.4 Å². The summed E-state index contributed by atoms with van der Waals surface area (Å²) in [6.45, 7) is 4.98. The number of hydrogen-bond donors (Lipinski definition) is 1. The van der Waals surface area contributed by atoms with Crippen LogP contribution in [0.2, 0.25) is 0 Å². The zero-order valence-corrected chi connectivity index (χ0v) is 20.1. The highest BCUT2D eigenvalue weighted by Gasteiger charge is 2.73. The number of hydrogen-bond acceptors (Lipinski definition) is 10. The van der Waals surface area contributed by atoms with Gasteiger partial charge in [0.2, 0.25) is 5.91 Å². The van der Waals surface area contributed by atoms with Crippen molar-refractivity contribution in [1.82, 2.24) is 10.2 Å². The van der Waals surface area contributed by atoms with Gasteiger partial charge in [0, 0.05) is 13.8 Å². The molecule has 2 saturated heterocycles. The summed E-state index contributed by atoms with van der Waals surface area (Å²) in [4.78, 5) is 50.2. The number of alkyl carbamates (subject to hydrolysis) is 1. The second kappa shape index (κ2) is 8.78. The lowest BCUT2D eigenvalue weighted by Crippen LogP contribution is -2.72. The Morgan fingerprint density at radius 3 is 2.32 bits per heavy atom. The number of carbonyl (C=O) groups is 4. The number of rotatable bonds is 6. The molecule has 1 N–H and O–H groups in total. The second-order valence-electron chi connectivity index (χ2n) is 8.75. The van der Waals surface area contributed by atoms with Crippen LogP contribution in [0.5, 0.6) is 0 Å². The number of benzene rings is 1. The number of β-lactam (4-membered cyclic amide) rings is 1. The van der Waals surface area contributed by atoms with E-state index in [2.05, 4.69) is 10.1 Å². The van der Waals surface area contributed by atoms with E-state index < -0.39 is 62.0 Å². The van der Waals surface area contributed by atoms with Crippen molar-refractivity contribution >= 4 is 34.0 Å². The van der Waals surface area contributed by atoms with Crippen LogP contribution in [0.4, 0.5) is 9.59 Å². The summed E-state index contributed by atoms with van der Waals surface area (Å²) in [7, 11) is -3.07. The van der Waals surface area contributed by atoms with Crippen LogP contribution in [0.3, 0.4) is 0 Å². The van der Waals surface area contributed by atoms with Crippen LogP contribution in [-0.4, -0.2) is 72.5 Å². The maximum atomic E-state index is 13.2. The summed E-state index contributed by atoms with van der Waals surface area (Å²) >= 11 is 0. The Labute approximate surface area is 196 Å². The van der Waals surface area contributed by atoms with Gasteiger partial charge in [-0.1, -0.05) is 30.3 Å². The Bertz CT molecular complexity index is 1100. The lowest BCUT2D eigenvalue weighted by atomic mass is 9.96. The van der Waals surface area contributed by atoms with Crippen LogP contribution < -0.4 is 5.32 Å². The maximum absolute atomic E-state index is 13.2. The minimum atomic E-state index is -4.14. The van der Waals surface area contributed by atoms with Gasteiger partial charge in [-0.05, 0) is 19.4 Å². The molecule has 0 bridgehead atoms. The third-order valence-corrected chi connectivity index (χ3v) is 8.44. The molecule has 0 unspecified atom stereocenters. The molecule has 34 heavy (non-hydrogen) atoms. The summed E-state index contributed by atoms with van der Waals surface area (Å²) in [6.07, 6.45) is -2.10. The zero-order chi connectivity index (χ0) is 25.5. The van der Waals surface area contributed by atoms with E-state index in [4.69, 9.17) is 14.2 Å². The van der Waals surface area contributed by atoms with Gasteiger partial charge in [-0.25, -0.2) is 22.8 Å². The summed E-state index contributed by atoms with van der Waals surface area (Å²) in [5.74, 6) is -3.68. The highest BCUT2D eigenvalue weighted by atomic mass is 32.2. The van der Waals surface area contributed by atoms with Crippen LogP contribution in [0.1, 0.15) is 33.3 Å². The van der Waals surface area contributed by atoms with Gasteiger partial charge in [-0.3, -0.25) is 4.79 Å². The minimum Gasteiger partial charge on any atom is -0.445 e. The summed E-state index contributed by atoms with van der Waals surface area (Å²) in [5.41, 5.74) is 0.702. The zero-order valence-electron chi connectivity index (χ0n) is 19.3. The van der Waals surface area contributed by atoms with Crippen LogP contribution in [0, 0.1) is 0 Å². The average molecular weight is 499 g/mol. The fourth-order valence-electron chi connectivity index (χ4n) is 3.87. The van der Waals surface area contributed by atoms with E-state index in [1.807, 2.05) is 0 Å². The topological polar surface area (TPSA) is 155 Å². The number of sulfone groups is 1. The fraction of sp³-hybridized carbons (Fsp3) is 0.524. The quantitative estimate of drug-likeness (QED) is 0.261. The van der Waals surface area contributed by atoms with Gasteiger partial charge in [-0.2, -0.15) is 0 Å². The molecule has 2 aliphatic heterocycles. The summed E-state index contributed by atoms with van der Waals surface area (Å²) in [5, 5.41) is 0.788. The highest BCUT2D eigenvalue weighted by Crippen LogP contribution is 2.46. The molecule has 12 nitrogen and oxygen atoms in total. The van der Waals surface area contributed by atoms with Gasteiger partial charge in [-0.15, -0.1) is 0 Å². The van der Waals surface area contributed by atoms with Gasteiger partial charge < -0.3 is 29.2 Å². The number of ether oxygens (including phenoxy) is 4. The summed E-state index contributed by atoms with van der Waals surface area (Å²) < 4.78 is 44.1. The minimum absolute atomic E-state index is 0.0789. The van der Waals surface area contributed by atoms with Crippen molar-refractivity contribution in [1.29, 1.82) is 0 Å². The first kappa shape index (κ1) is 25.3. The van der Waals surface area contributed by atoms with Crippen molar-refractivity contribution in [2.75, 3.05) is 7.11 Å². The van der Waals surface area contributed by atoms with E-state index >= 15 is 0 Å². The molecule has 0 spiro atoms. The van der Waals surface area contributed by atoms with Gasteiger partial charge >= 0.3 is 18.2 Å². The first-order valence-electron chi connectivity index (χ1n) is 10.3. The number of esters is 1. The van der Waals surface area contributed by atoms with Crippen molar-refractivity contribution < 1.29 is 46.5 Å². The van der Waals surface area contributed by atoms with E-state index in [1.54, 1.807) is 30.3 Å². The molecular formula is C21H26N2O10S. The molecule has 1 aromatic carbocycles. The van der Waals surface area contributed by atoms with E-state index in [1.165, 1.54) is 27.7 Å². The van der Waals surface area contributed by atoms with E-state index in [-0.39, 0.29) is 6.61 Å². The second-order valence-corrected chi connectivity index (χ2v) is 11.4. The highest BCUT2D eigenvalue weighted by molar-refractivity contribution is 7.94. The number of carbonyl (C=O) groups excluding carboxylic acids is 4. The smallest absolute Gasteiger partial charge is 0.445 e. The molecular weight excluding hydrogens is 472 g/mol. The molecule has 2 heterocycles. The number of fused-ring (bicyclic) bond motifs is 1. The molecule has 0 saturated carbocycles. The number of amides is 2. The lowest BCUT2D eigenvalue weighted by molar-refractivity contribution is -0.207. The molecule has 0 radical (unpaired) electrons. The maximum Gasteiger partial charge on any atom is 0.511 e. The Kier molecular flexibility index (Phi) is 6.53. The van der Waals surface area contributed by atoms with Crippen molar-refractivity contribution in [2.24, 2.45) is 0 Å². The van der Waals surface area contributed by atoms with E-state index in [9.17, 15) is 27.6 Å². The molecule has 2 fully saturated rings. The first-order valence-corrected chi connectivity index (χ1v) is 11.8. The van der Waals surface area contributed by atoms with Crippen molar-refractivity contribution in [3.63, 3.8) is 0 Å². The Balaban J connectivity index is 1.74. The lowest BCUT2D eigenvalue weighted by Gasteiger charge is -2.43. The SMILES string of the molecule is COC(=O)OC(C)(C)OC(=O)[C@@H]1N2C(=O)[C@@H](NC(=O)OCc3ccccc3)[C@H]2S(=O)(=O)C1(C)C. The molecule has 2 amide bonds. The Morgan fingerprint density at radius 1 is 1.12 bits per heavy atom. The van der Waals surface area contributed by atoms with Crippen LogP contribution in [0.25, 0.3) is 0 Å². The predicted octanol–water partition coefficient (Wildman–Crippen LogP) is 1.09. The molecule has 186 valence electrons. The van der Waals surface area contributed by atoms with Crippen LogP contribution in [0.15, 0.2) is 30.3 Å². The van der Waals surface area contributed by atoms with Gasteiger partial charge in [0.25, 0.3) is 5.79 Å². The van der Waals surface area contributed by atoms with Crippen molar-refractivity contribution in [3.05, 3.63) is 35.9 Å². The van der Waals surface area contributed by atoms with Crippen LogP contribution in [-0.2, 0) is 45.0 Å². The molecule has 2 aliphatic rings. The van der Waals surface area contributed by atoms with E-state index in [0.29, 0.717) is 5.56 Å². The monoisotopic (exact) mass is 498 g/mol. The van der Waals surface area contributed by atoms with E-state index in [0.717, 1.165) is 12.0 Å².